The second-order valence-electron chi connectivity index (χ2n) is 16.6. The smallest absolute Gasteiger partial charge is 0.338 e. The zero-order chi connectivity index (χ0) is 53.9. The minimum atomic E-state index is -0.998. The molecule has 2 aliphatic carbocycles. The molecule has 4 fully saturated rings. The molecule has 22 nitrogen and oxygen atoms in total. The van der Waals surface area contributed by atoms with Gasteiger partial charge in [0.2, 0.25) is 11.8 Å². The number of nitrogens with zero attached hydrogens (tertiary/aromatic N) is 7. The van der Waals surface area contributed by atoms with Crippen molar-refractivity contribution in [2.45, 2.75) is 32.4 Å². The molecule has 0 aromatic carbocycles. The fourth-order valence-corrected chi connectivity index (χ4v) is 9.95. The van der Waals surface area contributed by atoms with Crippen LogP contribution in [0.1, 0.15) is 46.4 Å². The number of amides is 3. The summed E-state index contributed by atoms with van der Waals surface area (Å²) in [5, 5.41) is 13.8. The lowest BCUT2D eigenvalue weighted by Gasteiger charge is -2.34. The summed E-state index contributed by atoms with van der Waals surface area (Å²) in [6, 6.07) is 17.0. The molecule has 27 heteroatoms. The summed E-state index contributed by atoms with van der Waals surface area (Å²) >= 11 is 13.4. The molecule has 10 heterocycles. The molecule has 3 amide bonds. The van der Waals surface area contributed by atoms with Crippen molar-refractivity contribution in [3.8, 4) is 0 Å². The Morgan fingerprint density at radius 3 is 1.49 bits per heavy atom. The third-order valence-corrected chi connectivity index (χ3v) is 14.7. The quantitative estimate of drug-likeness (QED) is 0.109. The lowest BCUT2D eigenvalue weighted by atomic mass is 10.3. The van der Waals surface area contributed by atoms with Gasteiger partial charge in [-0.05, 0) is 121 Å². The molecule has 2 saturated carbocycles. The van der Waals surface area contributed by atoms with Gasteiger partial charge in [0.25, 0.3) is 22.6 Å². The number of carbonyl (C=O) groups is 5. The number of carboxylic acids is 1. The van der Waals surface area contributed by atoms with Gasteiger partial charge in [-0.25, -0.2) is 23.7 Å². The highest BCUT2D eigenvalue weighted by molar-refractivity contribution is 7.71. The van der Waals surface area contributed by atoms with Crippen LogP contribution >= 0.6 is 59.0 Å². The maximum absolute atomic E-state index is 12.3. The van der Waals surface area contributed by atoms with Crippen LogP contribution in [0.3, 0.4) is 0 Å². The van der Waals surface area contributed by atoms with E-state index in [-0.39, 0.29) is 26.9 Å². The molecule has 8 aromatic rings. The summed E-state index contributed by atoms with van der Waals surface area (Å²) < 4.78 is 7.60. The van der Waals surface area contributed by atoms with Crippen LogP contribution in [0, 0.1) is 21.1 Å². The Bertz CT molecular complexity index is 3350. The topological polar surface area (TPSA) is 311 Å². The lowest BCUT2D eigenvalue weighted by molar-refractivity contribution is -0.134. The van der Waals surface area contributed by atoms with Crippen molar-refractivity contribution in [1.82, 2.24) is 57.6 Å². The lowest BCUT2D eigenvalue weighted by Crippen LogP contribution is -2.49. The number of nitrogens with one attached hydrogen (secondary N) is 5. The Hall–Kier alpha value is -7.27. The molecule has 394 valence electrons. The van der Waals surface area contributed by atoms with Crippen LogP contribution in [0.5, 0.6) is 0 Å². The molecule has 12 rings (SSSR count). The van der Waals surface area contributed by atoms with Crippen LogP contribution in [0.15, 0.2) is 106 Å². The van der Waals surface area contributed by atoms with Crippen molar-refractivity contribution in [3.63, 3.8) is 0 Å². The summed E-state index contributed by atoms with van der Waals surface area (Å²) in [4.78, 5) is 113. The van der Waals surface area contributed by atoms with E-state index in [1.54, 1.807) is 83.5 Å². The summed E-state index contributed by atoms with van der Waals surface area (Å²) in [5.74, 6) is -0.0889. The Labute approximate surface area is 449 Å². The van der Waals surface area contributed by atoms with Gasteiger partial charge in [-0.1, -0.05) is 24.4 Å². The first kappa shape index (κ1) is 57.0. The van der Waals surface area contributed by atoms with Crippen molar-refractivity contribution in [1.29, 1.82) is 0 Å². The fourth-order valence-electron chi connectivity index (χ4n) is 7.15. The normalized spacial score (nSPS) is 14.8. The van der Waals surface area contributed by atoms with E-state index >= 15 is 0 Å². The predicted octanol–water partition coefficient (Wildman–Crippen LogP) is 4.87. The highest BCUT2D eigenvalue weighted by Crippen LogP contribution is 2.32. The molecule has 75 heavy (non-hydrogen) atoms. The number of rotatable bonds is 6. The third-order valence-electron chi connectivity index (χ3n) is 11.4. The maximum Gasteiger partial charge on any atom is 0.338 e. The summed E-state index contributed by atoms with van der Waals surface area (Å²) in [6.07, 6.45) is 12.7. The van der Waals surface area contributed by atoms with Gasteiger partial charge in [0, 0.05) is 95.2 Å². The Balaban J connectivity index is 0.000000151. The summed E-state index contributed by atoms with van der Waals surface area (Å²) in [5.41, 5.74) is 5.42. The van der Waals surface area contributed by atoms with Crippen molar-refractivity contribution < 1.29 is 29.1 Å². The van der Waals surface area contributed by atoms with Gasteiger partial charge in [0.1, 0.15) is 30.6 Å². The van der Waals surface area contributed by atoms with Gasteiger partial charge in [0.05, 0.1) is 34.0 Å². The minimum Gasteiger partial charge on any atom is -0.478 e. The van der Waals surface area contributed by atoms with E-state index in [9.17, 15) is 33.6 Å². The van der Waals surface area contributed by atoms with E-state index in [1.807, 2.05) is 22.7 Å². The summed E-state index contributed by atoms with van der Waals surface area (Å²) in [7, 11) is 0. The van der Waals surface area contributed by atoms with Crippen molar-refractivity contribution in [3.05, 3.63) is 143 Å². The molecule has 2 saturated heterocycles. The number of carboxylic acid groups (broad SMARTS) is 1. The number of aromatic amines is 4. The molecule has 8 N–H and O–H groups in total. The molecule has 0 atom stereocenters. The highest BCUT2D eigenvalue weighted by Gasteiger charge is 2.35. The summed E-state index contributed by atoms with van der Waals surface area (Å²) in [6.45, 7) is 9.55. The second kappa shape index (κ2) is 28.4. The second-order valence-corrected chi connectivity index (χ2v) is 20.0. The molecule has 4 aliphatic rings. The first-order valence-corrected chi connectivity index (χ1v) is 26.5. The van der Waals surface area contributed by atoms with Gasteiger partial charge in [-0.2, -0.15) is 0 Å². The number of aromatic carboxylic acids is 1. The zero-order valence-corrected chi connectivity index (χ0v) is 44.3. The Kier molecular flexibility index (Phi) is 21.6. The van der Waals surface area contributed by atoms with Crippen molar-refractivity contribution in [2.24, 2.45) is 17.6 Å². The standard InChI is InChI=1S/C15H18N4O2S.C8H14N2O.2C6H4N2OS.C6H6N2OS.C6H5NO2S.CH2O/c20-14(11-3-4-11)18-8-6-17(7-9-18)10-19-15(21)12-2-1-5-16-13(12)22-19;11-8(7-1-2-7)10-5-3-9-4-6-10;2*9-5-4-2-1-3-7-6(4)10-8-5;7-5(9)4-2-1-3-8-6(4)10;8-6(9)4-2-1-3-7-5(4)10;1-2/h1-2,5,11H,3-4,6-10H2;7,9H,1-6H2;2*1-3H,(H,8,9);1-3H,(H2,7,9)(H,8,10);1-3H,(H,7,10)(H,8,9);1H2. The van der Waals surface area contributed by atoms with Crippen LogP contribution in [0.4, 0.5) is 0 Å². The van der Waals surface area contributed by atoms with Crippen LogP contribution < -0.4 is 27.7 Å². The maximum atomic E-state index is 12.3. The average Bonchev–Trinajstić information content (AvgIpc) is 4.38. The average molecular weight is 1120 g/mol. The van der Waals surface area contributed by atoms with E-state index < -0.39 is 11.9 Å². The van der Waals surface area contributed by atoms with Crippen LogP contribution in [-0.4, -0.2) is 140 Å². The van der Waals surface area contributed by atoms with E-state index in [0.29, 0.717) is 56.7 Å². The molecular formula is C48H53N13O9S5. The van der Waals surface area contributed by atoms with Crippen LogP contribution in [0.25, 0.3) is 30.6 Å². The third kappa shape index (κ3) is 16.6. The van der Waals surface area contributed by atoms with Gasteiger partial charge >= 0.3 is 5.97 Å². The Morgan fingerprint density at radius 2 is 1.09 bits per heavy atom. The number of pyridine rings is 5. The predicted molar refractivity (Wildman–Crippen MR) is 293 cm³/mol. The van der Waals surface area contributed by atoms with E-state index in [0.717, 1.165) is 92.5 Å². The van der Waals surface area contributed by atoms with E-state index in [4.69, 9.17) is 40.1 Å². The number of nitrogens with two attached hydrogens (primary N) is 1. The molecule has 0 bridgehead atoms. The number of hydrogen-bond acceptors (Lipinski definition) is 18. The van der Waals surface area contributed by atoms with E-state index in [2.05, 4.69) is 43.9 Å². The van der Waals surface area contributed by atoms with Crippen molar-refractivity contribution in [2.75, 3.05) is 52.4 Å². The number of primary amides is 1. The van der Waals surface area contributed by atoms with Gasteiger partial charge in [-0.15, -0.1) is 0 Å². The highest BCUT2D eigenvalue weighted by atomic mass is 32.1. The number of carbonyl (C=O) groups excluding carboxylic acids is 4. The molecular weight excluding hydrogens is 1060 g/mol. The van der Waals surface area contributed by atoms with Crippen LogP contribution in [-0.2, 0) is 21.1 Å². The van der Waals surface area contributed by atoms with E-state index in [1.165, 1.54) is 40.7 Å². The first-order valence-electron chi connectivity index (χ1n) is 23.3. The Morgan fingerprint density at radius 1 is 0.640 bits per heavy atom. The largest absolute Gasteiger partial charge is 0.478 e. The molecule has 0 unspecified atom stereocenters. The van der Waals surface area contributed by atoms with Gasteiger partial charge < -0.3 is 40.7 Å². The number of H-pyrrole nitrogens is 4. The molecule has 8 aromatic heterocycles. The number of aromatic nitrogens is 8. The minimum absolute atomic E-state index is 0.0320. The molecule has 0 spiro atoms. The monoisotopic (exact) mass is 1120 g/mol. The van der Waals surface area contributed by atoms with Crippen molar-refractivity contribution >= 4 is 120 Å². The number of fused-ring (bicyclic) bond motifs is 3. The molecule has 0 radical (unpaired) electrons. The number of piperazine rings is 2. The van der Waals surface area contributed by atoms with Gasteiger partial charge in [0.15, 0.2) is 0 Å². The zero-order valence-electron chi connectivity index (χ0n) is 40.2. The van der Waals surface area contributed by atoms with Crippen LogP contribution in [0.2, 0.25) is 0 Å². The fraction of sp³-hybridized carbons (Fsp3) is 0.312. The van der Waals surface area contributed by atoms with Gasteiger partial charge in [-0.3, -0.25) is 42.4 Å². The molecule has 2 aliphatic heterocycles. The first-order chi connectivity index (χ1) is 36.3. The number of hydrogen-bond donors (Lipinski definition) is 7. The SMILES string of the molecule is C=O.NC(=O)c1ccc[nH]c1=S.O=C(C1CC1)N1CCN(Cn2sc3ncccc3c2=O)CC1.O=C(C1CC1)N1CCNCC1.O=C(O)c1ccc[nH]c1=S.O=c1[nH]sc2ncccc12.O=c1[nH]sc2ncccc12.